The molecule has 0 aromatic carbocycles. The number of carbonyl (C=O) groups is 2. The second kappa shape index (κ2) is 5.57. The fourth-order valence-corrected chi connectivity index (χ4v) is 1.39. The normalized spacial score (nSPS) is 15.5. The average molecular weight is 254 g/mol. The first kappa shape index (κ1) is 14.1. The summed E-state index contributed by atoms with van der Waals surface area (Å²) in [6, 6.07) is 2.60. The summed E-state index contributed by atoms with van der Waals surface area (Å²) in [7, 11) is 0. The number of amides is 2. The van der Waals surface area contributed by atoms with Crippen molar-refractivity contribution in [2.24, 2.45) is 0 Å². The van der Waals surface area contributed by atoms with Gasteiger partial charge in [0.15, 0.2) is 0 Å². The number of nitrogens with one attached hydrogen (secondary N) is 2. The number of carbonyl (C=O) groups excluding carboxylic acids is 1. The van der Waals surface area contributed by atoms with Gasteiger partial charge in [0.1, 0.15) is 11.3 Å². The molecule has 0 fully saturated rings. The summed E-state index contributed by atoms with van der Waals surface area (Å²) in [4.78, 5) is 22.7. The van der Waals surface area contributed by atoms with Crippen LogP contribution >= 0.6 is 0 Å². The molecule has 0 saturated carbocycles. The molecule has 0 radical (unpaired) electrons. The van der Waals surface area contributed by atoms with Crippen molar-refractivity contribution in [2.75, 3.05) is 0 Å². The Bertz CT molecular complexity index is 416. The van der Waals surface area contributed by atoms with E-state index in [-0.39, 0.29) is 6.04 Å². The molecule has 0 bridgehead atoms. The fourth-order valence-electron chi connectivity index (χ4n) is 1.39. The number of hydrogen-bond acceptors (Lipinski definition) is 3. The highest BCUT2D eigenvalue weighted by molar-refractivity contribution is 5.85. The minimum Gasteiger partial charge on any atom is -0.480 e. The van der Waals surface area contributed by atoms with E-state index in [0.29, 0.717) is 12.2 Å². The molecule has 1 aromatic rings. The molecule has 100 valence electrons. The predicted molar refractivity (Wildman–Crippen MR) is 65.1 cm³/mol. The van der Waals surface area contributed by atoms with E-state index in [4.69, 9.17) is 9.52 Å². The molecule has 6 heteroatoms. The first-order valence-corrected chi connectivity index (χ1v) is 5.74. The van der Waals surface area contributed by atoms with E-state index in [1.165, 1.54) is 13.2 Å². The summed E-state index contributed by atoms with van der Waals surface area (Å²) in [5.41, 5.74) is -1.27. The lowest BCUT2D eigenvalue weighted by Gasteiger charge is -2.25. The molecule has 1 heterocycles. The maximum Gasteiger partial charge on any atom is 0.329 e. The van der Waals surface area contributed by atoms with Crippen LogP contribution in [0.15, 0.2) is 22.8 Å². The number of urea groups is 1. The summed E-state index contributed by atoms with van der Waals surface area (Å²) in [5.74, 6) is -0.454. The van der Waals surface area contributed by atoms with Crippen LogP contribution in [0.5, 0.6) is 0 Å². The van der Waals surface area contributed by atoms with Crippen LogP contribution < -0.4 is 10.6 Å². The SMILES string of the molecule is CCC(C)(NC(=O)NC(C)c1ccco1)C(=O)O. The molecule has 0 aliphatic rings. The number of aliphatic carboxylic acids is 1. The highest BCUT2D eigenvalue weighted by Crippen LogP contribution is 2.13. The Morgan fingerprint density at radius 2 is 2.22 bits per heavy atom. The summed E-state index contributed by atoms with van der Waals surface area (Å²) >= 11 is 0. The third-order valence-corrected chi connectivity index (χ3v) is 2.89. The van der Waals surface area contributed by atoms with Crippen LogP contribution in [-0.4, -0.2) is 22.6 Å². The quantitative estimate of drug-likeness (QED) is 0.748. The van der Waals surface area contributed by atoms with E-state index in [0.717, 1.165) is 0 Å². The van der Waals surface area contributed by atoms with Gasteiger partial charge < -0.3 is 20.2 Å². The van der Waals surface area contributed by atoms with Crippen LogP contribution in [0.3, 0.4) is 0 Å². The second-order valence-electron chi connectivity index (χ2n) is 4.33. The molecular weight excluding hydrogens is 236 g/mol. The smallest absolute Gasteiger partial charge is 0.329 e. The highest BCUT2D eigenvalue weighted by atomic mass is 16.4. The molecule has 3 N–H and O–H groups in total. The third kappa shape index (κ3) is 3.26. The van der Waals surface area contributed by atoms with Crippen LogP contribution in [0.1, 0.15) is 39.0 Å². The minimum absolute atomic E-state index is 0.297. The van der Waals surface area contributed by atoms with Gasteiger partial charge in [-0.1, -0.05) is 6.92 Å². The zero-order valence-corrected chi connectivity index (χ0v) is 10.7. The van der Waals surface area contributed by atoms with E-state index >= 15 is 0 Å². The van der Waals surface area contributed by atoms with E-state index in [1.54, 1.807) is 26.0 Å². The van der Waals surface area contributed by atoms with Crippen LogP contribution in [0, 0.1) is 0 Å². The Morgan fingerprint density at radius 3 is 2.67 bits per heavy atom. The monoisotopic (exact) mass is 254 g/mol. The maximum absolute atomic E-state index is 11.7. The van der Waals surface area contributed by atoms with Gasteiger partial charge in [-0.25, -0.2) is 9.59 Å². The molecule has 18 heavy (non-hydrogen) atoms. The van der Waals surface area contributed by atoms with Gasteiger partial charge in [0.25, 0.3) is 0 Å². The van der Waals surface area contributed by atoms with Crippen molar-refractivity contribution in [1.82, 2.24) is 10.6 Å². The van der Waals surface area contributed by atoms with Crippen LogP contribution in [0.2, 0.25) is 0 Å². The number of carboxylic acid groups (broad SMARTS) is 1. The van der Waals surface area contributed by atoms with Crippen molar-refractivity contribution in [3.8, 4) is 0 Å². The molecule has 1 aromatic heterocycles. The first-order chi connectivity index (χ1) is 8.39. The van der Waals surface area contributed by atoms with Gasteiger partial charge >= 0.3 is 12.0 Å². The van der Waals surface area contributed by atoms with Crippen molar-refractivity contribution in [3.05, 3.63) is 24.2 Å². The van der Waals surface area contributed by atoms with Gasteiger partial charge in [-0.15, -0.1) is 0 Å². The summed E-state index contributed by atoms with van der Waals surface area (Å²) in [5, 5.41) is 14.1. The lowest BCUT2D eigenvalue weighted by Crippen LogP contribution is -2.55. The minimum atomic E-state index is -1.27. The predicted octanol–water partition coefficient (Wildman–Crippen LogP) is 1.89. The molecule has 0 aliphatic carbocycles. The topological polar surface area (TPSA) is 91.6 Å². The van der Waals surface area contributed by atoms with Crippen molar-refractivity contribution >= 4 is 12.0 Å². The summed E-state index contributed by atoms with van der Waals surface area (Å²) in [6.07, 6.45) is 1.81. The zero-order valence-electron chi connectivity index (χ0n) is 10.7. The largest absolute Gasteiger partial charge is 0.480 e. The zero-order chi connectivity index (χ0) is 13.8. The van der Waals surface area contributed by atoms with E-state index in [1.807, 2.05) is 0 Å². The fraction of sp³-hybridized carbons (Fsp3) is 0.500. The third-order valence-electron chi connectivity index (χ3n) is 2.89. The molecular formula is C12H18N2O4. The van der Waals surface area contributed by atoms with Crippen molar-refractivity contribution in [3.63, 3.8) is 0 Å². The maximum atomic E-state index is 11.7. The molecule has 2 atom stereocenters. The summed E-state index contributed by atoms with van der Waals surface area (Å²) in [6.45, 7) is 4.92. The lowest BCUT2D eigenvalue weighted by atomic mass is 10.00. The summed E-state index contributed by atoms with van der Waals surface area (Å²) < 4.78 is 5.14. The Balaban J connectivity index is 2.59. The Labute approximate surface area is 105 Å². The van der Waals surface area contributed by atoms with Gasteiger partial charge in [0.05, 0.1) is 12.3 Å². The number of hydrogen-bond donors (Lipinski definition) is 3. The van der Waals surface area contributed by atoms with Crippen molar-refractivity contribution in [2.45, 2.75) is 38.8 Å². The van der Waals surface area contributed by atoms with Gasteiger partial charge in [-0.2, -0.15) is 0 Å². The van der Waals surface area contributed by atoms with Crippen molar-refractivity contribution < 1.29 is 19.1 Å². The Hall–Kier alpha value is -1.98. The highest BCUT2D eigenvalue weighted by Gasteiger charge is 2.33. The molecule has 2 amide bonds. The van der Waals surface area contributed by atoms with Gasteiger partial charge in [0, 0.05) is 0 Å². The van der Waals surface area contributed by atoms with Crippen LogP contribution in [0.4, 0.5) is 4.79 Å². The van der Waals surface area contributed by atoms with E-state index in [2.05, 4.69) is 10.6 Å². The van der Waals surface area contributed by atoms with Gasteiger partial charge in [-0.3, -0.25) is 0 Å². The average Bonchev–Trinajstić information content (AvgIpc) is 2.81. The van der Waals surface area contributed by atoms with Gasteiger partial charge in [-0.05, 0) is 32.4 Å². The van der Waals surface area contributed by atoms with E-state index < -0.39 is 17.5 Å². The molecule has 2 unspecified atom stereocenters. The van der Waals surface area contributed by atoms with Crippen molar-refractivity contribution in [1.29, 1.82) is 0 Å². The standard InChI is InChI=1S/C12H18N2O4/c1-4-12(3,10(15)16)14-11(17)13-8(2)9-6-5-7-18-9/h5-8H,4H2,1-3H3,(H,15,16)(H2,13,14,17). The number of furan rings is 1. The molecule has 0 spiro atoms. The Kier molecular flexibility index (Phi) is 4.36. The molecule has 1 rings (SSSR count). The van der Waals surface area contributed by atoms with Crippen LogP contribution in [-0.2, 0) is 4.79 Å². The lowest BCUT2D eigenvalue weighted by molar-refractivity contribution is -0.143. The number of rotatable bonds is 5. The van der Waals surface area contributed by atoms with E-state index in [9.17, 15) is 9.59 Å². The van der Waals surface area contributed by atoms with Crippen LogP contribution in [0.25, 0.3) is 0 Å². The number of carboxylic acids is 1. The van der Waals surface area contributed by atoms with Gasteiger partial charge in [0.2, 0.25) is 0 Å². The first-order valence-electron chi connectivity index (χ1n) is 5.74. The molecule has 0 aliphatic heterocycles. The Morgan fingerprint density at radius 1 is 1.56 bits per heavy atom. The molecule has 6 nitrogen and oxygen atoms in total. The molecule has 0 saturated heterocycles. The second-order valence-corrected chi connectivity index (χ2v) is 4.33.